The number of aryl methyl sites for hydroxylation is 3. The van der Waals surface area contributed by atoms with Gasteiger partial charge in [-0.2, -0.15) is 0 Å². The van der Waals surface area contributed by atoms with Crippen LogP contribution in [0.5, 0.6) is 0 Å². The van der Waals surface area contributed by atoms with Crippen molar-refractivity contribution in [3.63, 3.8) is 0 Å². The number of aromatic nitrogens is 2. The Kier molecular flexibility index (Phi) is 4.31. The van der Waals surface area contributed by atoms with E-state index in [0.29, 0.717) is 5.69 Å². The Morgan fingerprint density at radius 3 is 2.79 bits per heavy atom. The molecular weight excluding hydrogens is 322 g/mol. The standard InChI is InChI=1S/C18H17N3O2S/c1-11-6-7-13(12(2)9-11)17-20-15(10-24-17)16(22)19-14-5-4-8-21(3)18(14)23/h4-10H,1-3H3,(H,19,22). The highest BCUT2D eigenvalue weighted by Gasteiger charge is 2.14. The molecule has 2 heterocycles. The zero-order valence-corrected chi connectivity index (χ0v) is 14.5. The summed E-state index contributed by atoms with van der Waals surface area (Å²) in [4.78, 5) is 28.7. The summed E-state index contributed by atoms with van der Waals surface area (Å²) in [7, 11) is 1.64. The van der Waals surface area contributed by atoms with Crippen molar-refractivity contribution in [2.75, 3.05) is 5.32 Å². The van der Waals surface area contributed by atoms with Gasteiger partial charge in [0.2, 0.25) is 0 Å². The normalized spacial score (nSPS) is 10.6. The van der Waals surface area contributed by atoms with Gasteiger partial charge in [-0.15, -0.1) is 11.3 Å². The first-order valence-corrected chi connectivity index (χ1v) is 8.34. The first-order chi connectivity index (χ1) is 11.5. The zero-order valence-electron chi connectivity index (χ0n) is 13.7. The van der Waals surface area contributed by atoms with Gasteiger partial charge in [-0.1, -0.05) is 23.8 Å². The molecule has 6 heteroatoms. The minimum absolute atomic E-state index is 0.242. The largest absolute Gasteiger partial charge is 0.317 e. The number of benzene rings is 1. The maximum atomic E-state index is 12.3. The Labute approximate surface area is 143 Å². The van der Waals surface area contributed by atoms with Gasteiger partial charge in [0.05, 0.1) is 0 Å². The lowest BCUT2D eigenvalue weighted by molar-refractivity contribution is 0.102. The van der Waals surface area contributed by atoms with E-state index in [0.717, 1.165) is 16.1 Å². The van der Waals surface area contributed by atoms with Crippen molar-refractivity contribution in [2.45, 2.75) is 13.8 Å². The Morgan fingerprint density at radius 1 is 1.25 bits per heavy atom. The van der Waals surface area contributed by atoms with Crippen molar-refractivity contribution >= 4 is 22.9 Å². The second-order valence-electron chi connectivity index (χ2n) is 5.65. The van der Waals surface area contributed by atoms with E-state index in [2.05, 4.69) is 16.4 Å². The molecule has 0 radical (unpaired) electrons. The molecule has 0 aliphatic rings. The third kappa shape index (κ3) is 3.14. The first-order valence-electron chi connectivity index (χ1n) is 7.46. The Morgan fingerprint density at radius 2 is 2.04 bits per heavy atom. The molecule has 122 valence electrons. The summed E-state index contributed by atoms with van der Waals surface area (Å²) < 4.78 is 1.41. The summed E-state index contributed by atoms with van der Waals surface area (Å²) in [6.45, 7) is 4.06. The van der Waals surface area contributed by atoms with E-state index in [1.54, 1.807) is 30.8 Å². The van der Waals surface area contributed by atoms with Gasteiger partial charge >= 0.3 is 0 Å². The quantitative estimate of drug-likeness (QED) is 0.795. The fourth-order valence-electron chi connectivity index (χ4n) is 2.43. The summed E-state index contributed by atoms with van der Waals surface area (Å²) in [5.74, 6) is -0.384. The van der Waals surface area contributed by atoms with Gasteiger partial charge in [-0.3, -0.25) is 9.59 Å². The summed E-state index contributed by atoms with van der Waals surface area (Å²) in [5.41, 5.74) is 3.61. The first kappa shape index (κ1) is 16.1. The predicted molar refractivity (Wildman–Crippen MR) is 96.7 cm³/mol. The molecule has 1 N–H and O–H groups in total. The van der Waals surface area contributed by atoms with Crippen LogP contribution in [0.2, 0.25) is 0 Å². The van der Waals surface area contributed by atoms with Crippen LogP contribution in [0.1, 0.15) is 21.6 Å². The highest BCUT2D eigenvalue weighted by atomic mass is 32.1. The number of carbonyl (C=O) groups excluding carboxylic acids is 1. The van der Waals surface area contributed by atoms with Crippen LogP contribution in [0.3, 0.4) is 0 Å². The third-order valence-electron chi connectivity index (χ3n) is 3.72. The van der Waals surface area contributed by atoms with E-state index in [-0.39, 0.29) is 17.2 Å². The van der Waals surface area contributed by atoms with E-state index >= 15 is 0 Å². The molecule has 0 unspecified atom stereocenters. The maximum absolute atomic E-state index is 12.3. The Balaban J connectivity index is 1.86. The fourth-order valence-corrected chi connectivity index (χ4v) is 3.32. The monoisotopic (exact) mass is 339 g/mol. The molecule has 3 rings (SSSR count). The lowest BCUT2D eigenvalue weighted by Gasteiger charge is -2.04. The van der Waals surface area contributed by atoms with Crippen molar-refractivity contribution in [1.29, 1.82) is 0 Å². The average Bonchev–Trinajstić information content (AvgIpc) is 3.01. The molecule has 0 saturated carbocycles. The van der Waals surface area contributed by atoms with Gasteiger partial charge in [0.15, 0.2) is 0 Å². The van der Waals surface area contributed by atoms with Crippen molar-refractivity contribution in [3.8, 4) is 10.6 Å². The number of thiazole rings is 1. The lowest BCUT2D eigenvalue weighted by Crippen LogP contribution is -2.23. The van der Waals surface area contributed by atoms with Gasteiger partial charge in [0, 0.05) is 24.2 Å². The number of rotatable bonds is 3. The van der Waals surface area contributed by atoms with Crippen LogP contribution in [0.15, 0.2) is 46.7 Å². The molecule has 0 fully saturated rings. The van der Waals surface area contributed by atoms with Gasteiger partial charge in [0.1, 0.15) is 16.4 Å². The number of anilines is 1. The summed E-state index contributed by atoms with van der Waals surface area (Å²) in [6, 6.07) is 9.41. The van der Waals surface area contributed by atoms with Crippen LogP contribution < -0.4 is 10.9 Å². The van der Waals surface area contributed by atoms with Crippen LogP contribution in [-0.2, 0) is 7.05 Å². The van der Waals surface area contributed by atoms with E-state index in [1.165, 1.54) is 21.5 Å². The molecule has 1 amide bonds. The fraction of sp³-hybridized carbons (Fsp3) is 0.167. The Bertz CT molecular complexity index is 972. The van der Waals surface area contributed by atoms with Crippen molar-refractivity contribution < 1.29 is 4.79 Å². The highest BCUT2D eigenvalue weighted by molar-refractivity contribution is 7.13. The van der Waals surface area contributed by atoms with E-state index in [9.17, 15) is 9.59 Å². The number of nitrogens with one attached hydrogen (secondary N) is 1. The third-order valence-corrected chi connectivity index (χ3v) is 4.60. The Hall–Kier alpha value is -2.73. The van der Waals surface area contributed by atoms with Gasteiger partial charge < -0.3 is 9.88 Å². The van der Waals surface area contributed by atoms with Gasteiger partial charge in [-0.25, -0.2) is 4.98 Å². The number of amides is 1. The number of nitrogens with zero attached hydrogens (tertiary/aromatic N) is 2. The van der Waals surface area contributed by atoms with Gasteiger partial charge in [0.25, 0.3) is 11.5 Å². The van der Waals surface area contributed by atoms with Gasteiger partial charge in [-0.05, 0) is 31.5 Å². The second-order valence-corrected chi connectivity index (χ2v) is 6.51. The highest BCUT2D eigenvalue weighted by Crippen LogP contribution is 2.27. The van der Waals surface area contributed by atoms with Crippen LogP contribution in [0.25, 0.3) is 10.6 Å². The van der Waals surface area contributed by atoms with E-state index in [1.807, 2.05) is 26.0 Å². The predicted octanol–water partition coefficient (Wildman–Crippen LogP) is 3.38. The summed E-state index contributed by atoms with van der Waals surface area (Å²) in [5, 5.41) is 5.12. The summed E-state index contributed by atoms with van der Waals surface area (Å²) >= 11 is 1.41. The minimum atomic E-state index is -0.384. The molecule has 2 aromatic heterocycles. The van der Waals surface area contributed by atoms with Crippen molar-refractivity contribution in [2.24, 2.45) is 7.05 Å². The molecule has 24 heavy (non-hydrogen) atoms. The van der Waals surface area contributed by atoms with Crippen LogP contribution in [0, 0.1) is 13.8 Å². The molecule has 0 bridgehead atoms. The van der Waals surface area contributed by atoms with Crippen molar-refractivity contribution in [1.82, 2.24) is 9.55 Å². The molecule has 3 aromatic rings. The molecule has 1 aromatic carbocycles. The summed E-state index contributed by atoms with van der Waals surface area (Å²) in [6.07, 6.45) is 1.64. The molecule has 0 saturated heterocycles. The van der Waals surface area contributed by atoms with Crippen LogP contribution >= 0.6 is 11.3 Å². The SMILES string of the molecule is Cc1ccc(-c2nc(C(=O)Nc3cccn(C)c3=O)cs2)c(C)c1. The topological polar surface area (TPSA) is 64.0 Å². The minimum Gasteiger partial charge on any atom is -0.317 e. The maximum Gasteiger partial charge on any atom is 0.275 e. The number of pyridine rings is 1. The average molecular weight is 339 g/mol. The second kappa shape index (κ2) is 6.41. The zero-order chi connectivity index (χ0) is 17.3. The molecule has 0 atom stereocenters. The molecule has 0 aliphatic carbocycles. The van der Waals surface area contributed by atoms with E-state index < -0.39 is 0 Å². The lowest BCUT2D eigenvalue weighted by atomic mass is 10.1. The molecule has 0 aliphatic heterocycles. The number of carbonyl (C=O) groups is 1. The molecule has 0 spiro atoms. The molecular formula is C18H17N3O2S. The van der Waals surface area contributed by atoms with Crippen molar-refractivity contribution in [3.05, 3.63) is 69.1 Å². The number of hydrogen-bond acceptors (Lipinski definition) is 4. The van der Waals surface area contributed by atoms with Crippen LogP contribution in [-0.4, -0.2) is 15.5 Å². The van der Waals surface area contributed by atoms with E-state index in [4.69, 9.17) is 0 Å². The molecule has 5 nitrogen and oxygen atoms in total. The number of hydrogen-bond donors (Lipinski definition) is 1. The smallest absolute Gasteiger partial charge is 0.275 e. The van der Waals surface area contributed by atoms with Crippen LogP contribution in [0.4, 0.5) is 5.69 Å².